The number of pyridine rings is 2. The summed E-state index contributed by atoms with van der Waals surface area (Å²) in [6.45, 7) is 0.429. The average Bonchev–Trinajstić information content (AvgIpc) is 2.71. The van der Waals surface area contributed by atoms with Gasteiger partial charge >= 0.3 is 0 Å². The number of nitrogens with one attached hydrogen (secondary N) is 1. The number of hydrogen-bond donors (Lipinski definition) is 1. The molecule has 0 spiro atoms. The predicted molar refractivity (Wildman–Crippen MR) is 111 cm³/mol. The summed E-state index contributed by atoms with van der Waals surface area (Å²) >= 11 is 6.11. The number of anilines is 1. The molecule has 0 aliphatic heterocycles. The van der Waals surface area contributed by atoms with Crippen LogP contribution >= 0.6 is 11.6 Å². The van der Waals surface area contributed by atoms with Gasteiger partial charge in [0.05, 0.1) is 17.1 Å². The van der Waals surface area contributed by atoms with Crippen molar-refractivity contribution in [2.75, 3.05) is 5.32 Å². The first-order valence-electron chi connectivity index (χ1n) is 8.70. The summed E-state index contributed by atoms with van der Waals surface area (Å²) in [6, 6.07) is 17.7. The smallest absolute Gasteiger partial charge is 0.258 e. The second-order valence-electron chi connectivity index (χ2n) is 6.31. The molecule has 2 heterocycles. The first-order chi connectivity index (χ1) is 13.6. The molecule has 4 rings (SSSR count). The van der Waals surface area contributed by atoms with Gasteiger partial charge in [-0.25, -0.2) is 0 Å². The van der Waals surface area contributed by atoms with Crippen LogP contribution in [0.2, 0.25) is 5.02 Å². The van der Waals surface area contributed by atoms with E-state index in [1.54, 1.807) is 65.6 Å². The number of rotatable bonds is 4. The minimum Gasteiger partial charge on any atom is -0.321 e. The molecule has 0 aliphatic carbocycles. The normalized spacial score (nSPS) is 10.8. The minimum absolute atomic E-state index is 0.129. The first-order valence-corrected chi connectivity index (χ1v) is 9.08. The van der Waals surface area contributed by atoms with E-state index in [9.17, 15) is 9.59 Å². The van der Waals surface area contributed by atoms with Crippen molar-refractivity contribution in [2.45, 2.75) is 6.54 Å². The molecule has 1 N–H and O–H groups in total. The fourth-order valence-corrected chi connectivity index (χ4v) is 3.30. The topological polar surface area (TPSA) is 64.0 Å². The maximum absolute atomic E-state index is 12.9. The van der Waals surface area contributed by atoms with Crippen LogP contribution < -0.4 is 10.9 Å². The largest absolute Gasteiger partial charge is 0.321 e. The van der Waals surface area contributed by atoms with E-state index in [1.165, 1.54) is 0 Å². The van der Waals surface area contributed by atoms with E-state index in [0.29, 0.717) is 33.6 Å². The number of halogens is 1. The van der Waals surface area contributed by atoms with E-state index in [0.717, 1.165) is 5.56 Å². The fourth-order valence-electron chi connectivity index (χ4n) is 3.08. The summed E-state index contributed by atoms with van der Waals surface area (Å²) in [7, 11) is 0. The predicted octanol–water partition coefficient (Wildman–Crippen LogP) is 4.35. The van der Waals surface area contributed by atoms with Crippen LogP contribution in [0.3, 0.4) is 0 Å². The fraction of sp³-hybridized carbons (Fsp3) is 0.0455. The van der Waals surface area contributed by atoms with E-state index in [1.807, 2.05) is 18.2 Å². The number of hydrogen-bond acceptors (Lipinski definition) is 3. The lowest BCUT2D eigenvalue weighted by atomic mass is 10.1. The van der Waals surface area contributed by atoms with Crippen LogP contribution in [-0.4, -0.2) is 15.5 Å². The van der Waals surface area contributed by atoms with Crippen molar-refractivity contribution >= 4 is 34.0 Å². The second-order valence-corrected chi connectivity index (χ2v) is 6.72. The molecule has 138 valence electrons. The third-order valence-corrected chi connectivity index (χ3v) is 4.79. The molecule has 0 bridgehead atoms. The molecule has 1 amide bonds. The Morgan fingerprint density at radius 1 is 1.00 bits per heavy atom. The molecule has 0 aliphatic rings. The zero-order chi connectivity index (χ0) is 19.5. The number of fused-ring (bicyclic) bond motifs is 1. The Balaban J connectivity index is 1.69. The van der Waals surface area contributed by atoms with Gasteiger partial charge in [-0.2, -0.15) is 0 Å². The van der Waals surface area contributed by atoms with Crippen LogP contribution in [0.15, 0.2) is 84.0 Å². The average molecular weight is 390 g/mol. The first kappa shape index (κ1) is 17.9. The lowest BCUT2D eigenvalue weighted by Gasteiger charge is -2.12. The molecular formula is C22H16ClN3O2. The van der Waals surface area contributed by atoms with Crippen molar-refractivity contribution in [3.05, 3.63) is 106 Å². The Bertz CT molecular complexity index is 1220. The van der Waals surface area contributed by atoms with Gasteiger partial charge in [0.15, 0.2) is 0 Å². The SMILES string of the molecule is O=C(Nc1cccc2c(=O)n(Cc3cccnc3)ccc12)c1ccccc1Cl. The van der Waals surface area contributed by atoms with Crippen molar-refractivity contribution in [2.24, 2.45) is 0 Å². The number of nitrogens with zero attached hydrogens (tertiary/aromatic N) is 2. The standard InChI is InChI=1S/C22H16ClN3O2/c23-19-8-2-1-6-18(19)21(27)25-20-9-3-7-17-16(20)10-12-26(22(17)28)14-15-5-4-11-24-13-15/h1-13H,14H2,(H,25,27). The van der Waals surface area contributed by atoms with Crippen molar-refractivity contribution in [3.63, 3.8) is 0 Å². The van der Waals surface area contributed by atoms with E-state index in [4.69, 9.17) is 11.6 Å². The van der Waals surface area contributed by atoms with Gasteiger partial charge in [0.25, 0.3) is 11.5 Å². The highest BCUT2D eigenvalue weighted by Crippen LogP contribution is 2.23. The molecule has 28 heavy (non-hydrogen) atoms. The third kappa shape index (κ3) is 3.52. The van der Waals surface area contributed by atoms with Gasteiger partial charge in [-0.3, -0.25) is 14.6 Å². The maximum atomic E-state index is 12.9. The molecule has 2 aromatic heterocycles. The summed E-state index contributed by atoms with van der Waals surface area (Å²) < 4.78 is 1.62. The molecule has 0 saturated carbocycles. The van der Waals surface area contributed by atoms with Gasteiger partial charge in [-0.1, -0.05) is 35.9 Å². The van der Waals surface area contributed by atoms with Crippen molar-refractivity contribution < 1.29 is 4.79 Å². The molecule has 0 atom stereocenters. The summed E-state index contributed by atoms with van der Waals surface area (Å²) in [6.07, 6.45) is 5.15. The molecule has 6 heteroatoms. The zero-order valence-corrected chi connectivity index (χ0v) is 15.6. The Kier molecular flexibility index (Phi) is 4.91. The number of carbonyl (C=O) groups excluding carboxylic acids is 1. The maximum Gasteiger partial charge on any atom is 0.258 e. The van der Waals surface area contributed by atoms with Crippen LogP contribution in [0.25, 0.3) is 10.8 Å². The Labute approximate surface area is 166 Å². The van der Waals surface area contributed by atoms with Gasteiger partial charge < -0.3 is 9.88 Å². The highest BCUT2D eigenvalue weighted by Gasteiger charge is 2.13. The third-order valence-electron chi connectivity index (χ3n) is 4.46. The number of aromatic nitrogens is 2. The molecule has 0 unspecified atom stereocenters. The number of amides is 1. The van der Waals surface area contributed by atoms with Crippen molar-refractivity contribution in [1.82, 2.24) is 9.55 Å². The molecule has 5 nitrogen and oxygen atoms in total. The lowest BCUT2D eigenvalue weighted by Crippen LogP contribution is -2.21. The van der Waals surface area contributed by atoms with E-state index >= 15 is 0 Å². The van der Waals surface area contributed by atoms with E-state index in [-0.39, 0.29) is 11.5 Å². The van der Waals surface area contributed by atoms with E-state index < -0.39 is 0 Å². The molecule has 4 aromatic rings. The Morgan fingerprint density at radius 3 is 2.64 bits per heavy atom. The van der Waals surface area contributed by atoms with Crippen LogP contribution in [0, 0.1) is 0 Å². The zero-order valence-electron chi connectivity index (χ0n) is 14.8. The quantitative estimate of drug-likeness (QED) is 0.564. The van der Waals surface area contributed by atoms with Crippen LogP contribution in [0.1, 0.15) is 15.9 Å². The molecule has 0 fully saturated rings. The highest BCUT2D eigenvalue weighted by atomic mass is 35.5. The molecule has 0 radical (unpaired) electrons. The van der Waals surface area contributed by atoms with Gasteiger partial charge in [-0.05, 0) is 42.0 Å². The lowest BCUT2D eigenvalue weighted by molar-refractivity contribution is 0.102. The summed E-state index contributed by atoms with van der Waals surface area (Å²) in [5, 5.41) is 4.44. The van der Waals surface area contributed by atoms with Gasteiger partial charge in [-0.15, -0.1) is 0 Å². The van der Waals surface area contributed by atoms with Crippen LogP contribution in [-0.2, 0) is 6.54 Å². The Hall–Kier alpha value is -3.44. The van der Waals surface area contributed by atoms with Gasteiger partial charge in [0.1, 0.15) is 0 Å². The molecule has 0 saturated heterocycles. The molecule has 2 aromatic carbocycles. The van der Waals surface area contributed by atoms with Gasteiger partial charge in [0.2, 0.25) is 0 Å². The summed E-state index contributed by atoms with van der Waals surface area (Å²) in [4.78, 5) is 29.6. The second kappa shape index (κ2) is 7.66. The summed E-state index contributed by atoms with van der Waals surface area (Å²) in [5.41, 5.74) is 1.75. The van der Waals surface area contributed by atoms with Crippen molar-refractivity contribution in [1.29, 1.82) is 0 Å². The Morgan fingerprint density at radius 2 is 1.86 bits per heavy atom. The summed E-state index contributed by atoms with van der Waals surface area (Å²) in [5.74, 6) is -0.322. The van der Waals surface area contributed by atoms with Gasteiger partial charge in [0, 0.05) is 35.1 Å². The highest BCUT2D eigenvalue weighted by molar-refractivity contribution is 6.34. The van der Waals surface area contributed by atoms with Crippen LogP contribution in [0.4, 0.5) is 5.69 Å². The van der Waals surface area contributed by atoms with E-state index in [2.05, 4.69) is 10.3 Å². The minimum atomic E-state index is -0.322. The monoisotopic (exact) mass is 389 g/mol. The van der Waals surface area contributed by atoms with Crippen LogP contribution in [0.5, 0.6) is 0 Å². The number of benzene rings is 2. The van der Waals surface area contributed by atoms with Crippen molar-refractivity contribution in [3.8, 4) is 0 Å². The molecular weight excluding hydrogens is 374 g/mol. The number of carbonyl (C=O) groups is 1.